The van der Waals surface area contributed by atoms with Gasteiger partial charge in [0.25, 0.3) is 0 Å². The topological polar surface area (TPSA) is 12.0 Å². The van der Waals surface area contributed by atoms with Crippen LogP contribution in [0, 0.1) is 6.92 Å². The predicted molar refractivity (Wildman–Crippen MR) is 70.4 cm³/mol. The molecule has 0 unspecified atom stereocenters. The van der Waals surface area contributed by atoms with Crippen molar-refractivity contribution in [2.45, 2.75) is 13.3 Å². The lowest BCUT2D eigenvalue weighted by molar-refractivity contribution is 0.991. The third-order valence-corrected chi connectivity index (χ3v) is 3.35. The second kappa shape index (κ2) is 6.36. The molecule has 0 bridgehead atoms. The molecule has 1 N–H and O–H groups in total. The van der Waals surface area contributed by atoms with Crippen LogP contribution >= 0.6 is 27.7 Å². The number of hydrogen-bond acceptors (Lipinski definition) is 2. The molecule has 1 aromatic rings. The highest BCUT2D eigenvalue weighted by atomic mass is 79.9. The third-order valence-electron chi connectivity index (χ3n) is 1.96. The number of hydrogen-bond donors (Lipinski definition) is 1. The molecular weight excluding hydrogens is 258 g/mol. The van der Waals surface area contributed by atoms with E-state index in [1.807, 2.05) is 11.8 Å². The molecule has 0 saturated carbocycles. The van der Waals surface area contributed by atoms with Crippen molar-refractivity contribution in [1.29, 1.82) is 0 Å². The average molecular weight is 274 g/mol. The second-order valence-electron chi connectivity index (χ2n) is 3.26. The summed E-state index contributed by atoms with van der Waals surface area (Å²) in [5.41, 5.74) is 2.49. The van der Waals surface area contributed by atoms with Crippen LogP contribution < -0.4 is 5.32 Å². The van der Waals surface area contributed by atoms with Crippen LogP contribution in [0.3, 0.4) is 0 Å². The predicted octanol–water partition coefficient (Wildman–Crippen LogP) is 3.92. The van der Waals surface area contributed by atoms with Gasteiger partial charge in [-0.2, -0.15) is 11.8 Å². The van der Waals surface area contributed by atoms with Gasteiger partial charge in [-0.3, -0.25) is 0 Å². The molecule has 1 aromatic carbocycles. The molecule has 0 atom stereocenters. The molecule has 1 nitrogen and oxygen atoms in total. The first-order valence-corrected chi connectivity index (χ1v) is 6.91. The summed E-state index contributed by atoms with van der Waals surface area (Å²) in [6, 6.07) is 6.37. The monoisotopic (exact) mass is 273 g/mol. The molecule has 3 heteroatoms. The second-order valence-corrected chi connectivity index (χ2v) is 5.10. The maximum absolute atomic E-state index is 3.53. The van der Waals surface area contributed by atoms with Crippen LogP contribution in [0.15, 0.2) is 22.7 Å². The largest absolute Gasteiger partial charge is 0.384 e. The van der Waals surface area contributed by atoms with Gasteiger partial charge in [-0.1, -0.05) is 6.07 Å². The minimum Gasteiger partial charge on any atom is -0.384 e. The van der Waals surface area contributed by atoms with Gasteiger partial charge in [0, 0.05) is 16.7 Å². The molecular formula is C11H16BrNS. The Labute approximate surface area is 98.8 Å². The summed E-state index contributed by atoms with van der Waals surface area (Å²) in [4.78, 5) is 0. The van der Waals surface area contributed by atoms with Crippen LogP contribution in [0.1, 0.15) is 12.0 Å². The zero-order valence-corrected chi connectivity index (χ0v) is 11.0. The Hall–Kier alpha value is -0.150. The van der Waals surface area contributed by atoms with E-state index in [1.54, 1.807) is 0 Å². The summed E-state index contributed by atoms with van der Waals surface area (Å²) in [6.45, 7) is 3.16. The van der Waals surface area contributed by atoms with Gasteiger partial charge in [0.05, 0.1) is 0 Å². The maximum Gasteiger partial charge on any atom is 0.0487 e. The Morgan fingerprint density at radius 3 is 2.93 bits per heavy atom. The van der Waals surface area contributed by atoms with E-state index in [9.17, 15) is 0 Å². The van der Waals surface area contributed by atoms with E-state index < -0.39 is 0 Å². The lowest BCUT2D eigenvalue weighted by atomic mass is 10.2. The first-order chi connectivity index (χ1) is 6.74. The Balaban J connectivity index is 2.45. The summed E-state index contributed by atoms with van der Waals surface area (Å²) in [5.74, 6) is 1.22. The fourth-order valence-corrected chi connectivity index (χ4v) is 2.03. The number of benzene rings is 1. The van der Waals surface area contributed by atoms with E-state index >= 15 is 0 Å². The number of aryl methyl sites for hydroxylation is 1. The molecule has 0 aliphatic carbocycles. The van der Waals surface area contributed by atoms with E-state index in [1.165, 1.54) is 23.4 Å². The highest BCUT2D eigenvalue weighted by Gasteiger charge is 1.98. The molecule has 0 aromatic heterocycles. The van der Waals surface area contributed by atoms with Crippen LogP contribution in [0.25, 0.3) is 0 Å². The molecule has 0 heterocycles. The number of nitrogens with one attached hydrogen (secondary N) is 1. The van der Waals surface area contributed by atoms with Gasteiger partial charge in [-0.15, -0.1) is 0 Å². The van der Waals surface area contributed by atoms with Crippen molar-refractivity contribution in [3.05, 3.63) is 28.2 Å². The van der Waals surface area contributed by atoms with Gasteiger partial charge < -0.3 is 5.32 Å². The van der Waals surface area contributed by atoms with Crippen LogP contribution in [0.2, 0.25) is 0 Å². The lowest BCUT2D eigenvalue weighted by Gasteiger charge is -2.08. The van der Waals surface area contributed by atoms with Gasteiger partial charge in [0.15, 0.2) is 0 Å². The van der Waals surface area contributed by atoms with Crippen LogP contribution in [-0.2, 0) is 0 Å². The number of thioether (sulfide) groups is 1. The molecule has 14 heavy (non-hydrogen) atoms. The van der Waals surface area contributed by atoms with Crippen molar-refractivity contribution in [3.63, 3.8) is 0 Å². The zero-order valence-electron chi connectivity index (χ0n) is 8.64. The summed E-state index contributed by atoms with van der Waals surface area (Å²) in [5, 5.41) is 3.43. The minimum absolute atomic E-state index is 1.04. The molecule has 0 aliphatic heterocycles. The molecule has 0 amide bonds. The molecule has 0 saturated heterocycles. The van der Waals surface area contributed by atoms with Crippen LogP contribution in [0.4, 0.5) is 5.69 Å². The van der Waals surface area contributed by atoms with E-state index in [4.69, 9.17) is 0 Å². The SMILES string of the molecule is CSCCCNc1cc(C)ccc1Br. The normalized spacial score (nSPS) is 10.2. The third kappa shape index (κ3) is 3.93. The van der Waals surface area contributed by atoms with Crippen LogP contribution in [-0.4, -0.2) is 18.6 Å². The van der Waals surface area contributed by atoms with Crippen molar-refractivity contribution in [1.82, 2.24) is 0 Å². The summed E-state index contributed by atoms with van der Waals surface area (Å²) in [7, 11) is 0. The quantitative estimate of drug-likeness (QED) is 0.817. The minimum atomic E-state index is 1.04. The Morgan fingerprint density at radius 2 is 2.21 bits per heavy atom. The molecule has 0 radical (unpaired) electrons. The van der Waals surface area contributed by atoms with Crippen molar-refractivity contribution in [2.24, 2.45) is 0 Å². The molecule has 78 valence electrons. The molecule has 0 spiro atoms. The lowest BCUT2D eigenvalue weighted by Crippen LogP contribution is -2.03. The average Bonchev–Trinajstić information content (AvgIpc) is 2.18. The van der Waals surface area contributed by atoms with Gasteiger partial charge in [-0.25, -0.2) is 0 Å². The number of rotatable bonds is 5. The van der Waals surface area contributed by atoms with Crippen LogP contribution in [0.5, 0.6) is 0 Å². The standard InChI is InChI=1S/C11H16BrNS/c1-9-4-5-10(12)11(8-9)13-6-3-7-14-2/h4-5,8,13H,3,6-7H2,1-2H3. The zero-order chi connectivity index (χ0) is 10.4. The van der Waals surface area contributed by atoms with E-state index in [2.05, 4.69) is 52.6 Å². The van der Waals surface area contributed by atoms with Crippen molar-refractivity contribution in [3.8, 4) is 0 Å². The smallest absolute Gasteiger partial charge is 0.0487 e. The summed E-state index contributed by atoms with van der Waals surface area (Å²) < 4.78 is 1.15. The highest BCUT2D eigenvalue weighted by Crippen LogP contribution is 2.23. The molecule has 1 rings (SSSR count). The van der Waals surface area contributed by atoms with Gasteiger partial charge in [0.1, 0.15) is 0 Å². The van der Waals surface area contributed by atoms with Gasteiger partial charge in [0.2, 0.25) is 0 Å². The van der Waals surface area contributed by atoms with Gasteiger partial charge >= 0.3 is 0 Å². The fraction of sp³-hybridized carbons (Fsp3) is 0.455. The Morgan fingerprint density at radius 1 is 1.43 bits per heavy atom. The first-order valence-electron chi connectivity index (χ1n) is 4.73. The van der Waals surface area contributed by atoms with E-state index in [0.29, 0.717) is 0 Å². The Bertz CT molecular complexity index is 289. The van der Waals surface area contributed by atoms with E-state index in [-0.39, 0.29) is 0 Å². The van der Waals surface area contributed by atoms with Crippen molar-refractivity contribution >= 4 is 33.4 Å². The highest BCUT2D eigenvalue weighted by molar-refractivity contribution is 9.10. The fourth-order valence-electron chi connectivity index (χ4n) is 1.21. The Kier molecular flexibility index (Phi) is 5.41. The number of halogens is 1. The van der Waals surface area contributed by atoms with Crippen molar-refractivity contribution in [2.75, 3.05) is 23.9 Å². The molecule has 0 aliphatic rings. The summed E-state index contributed by atoms with van der Waals surface area (Å²) in [6.07, 6.45) is 3.35. The number of anilines is 1. The first kappa shape index (κ1) is 11.9. The van der Waals surface area contributed by atoms with Crippen molar-refractivity contribution < 1.29 is 0 Å². The summed E-state index contributed by atoms with van der Waals surface area (Å²) >= 11 is 5.42. The van der Waals surface area contributed by atoms with E-state index in [0.717, 1.165) is 11.0 Å². The van der Waals surface area contributed by atoms with Gasteiger partial charge in [-0.05, 0) is 59.0 Å². The molecule has 0 fully saturated rings. The maximum atomic E-state index is 3.53.